The fourth-order valence-corrected chi connectivity index (χ4v) is 8.51. The van der Waals surface area contributed by atoms with E-state index in [9.17, 15) is 34.2 Å². The van der Waals surface area contributed by atoms with E-state index in [2.05, 4.69) is 0 Å². The number of rotatable bonds is 12. The molecule has 0 aromatic rings. The summed E-state index contributed by atoms with van der Waals surface area (Å²) < 4.78 is 54.2. The number of aldehydes is 1. The van der Waals surface area contributed by atoms with Gasteiger partial charge >= 0.3 is 17.9 Å². The number of hydrogen-bond acceptors (Lipinski definition) is 17. The summed E-state index contributed by atoms with van der Waals surface area (Å²) in [4.78, 5) is 65.8. The predicted molar refractivity (Wildman–Crippen MR) is 208 cm³/mol. The van der Waals surface area contributed by atoms with E-state index in [4.69, 9.17) is 42.6 Å². The maximum atomic E-state index is 13.4. The van der Waals surface area contributed by atoms with Crippen molar-refractivity contribution in [3.8, 4) is 0 Å². The van der Waals surface area contributed by atoms with E-state index >= 15 is 0 Å². The highest BCUT2D eigenvalue weighted by Crippen LogP contribution is 2.38. The quantitative estimate of drug-likeness (QED) is 0.125. The number of carbonyl (C=O) groups excluding carboxylic acids is 5. The first-order valence-electron chi connectivity index (χ1n) is 20.7. The van der Waals surface area contributed by atoms with Crippen LogP contribution in [-0.4, -0.2) is 158 Å². The predicted octanol–water partition coefficient (Wildman–Crippen LogP) is 2.43. The van der Waals surface area contributed by atoms with E-state index in [0.29, 0.717) is 12.7 Å². The van der Waals surface area contributed by atoms with Crippen molar-refractivity contribution in [3.63, 3.8) is 0 Å². The zero-order valence-electron chi connectivity index (χ0n) is 36.3. The topological polar surface area (TPSA) is 215 Å². The van der Waals surface area contributed by atoms with E-state index in [1.54, 1.807) is 59.7 Å². The van der Waals surface area contributed by atoms with E-state index in [0.717, 1.165) is 0 Å². The van der Waals surface area contributed by atoms with Crippen molar-refractivity contribution < 1.29 is 76.8 Å². The SMILES string of the molecule is COC1C(OC(C)=O)CC(=O)OC(C)CC2OC2/C=C/C(=O)C(C)CC(CC=O)C1OC1OC(C)C(OC2CC(C)(O)C(OC(=O)CC(C)C)C(C)O2)C(N(C)C)C1O. The number of ketones is 1. The second-order valence-electron chi connectivity index (χ2n) is 17.5. The Morgan fingerprint density at radius 3 is 2.29 bits per heavy atom. The molecule has 4 aliphatic rings. The van der Waals surface area contributed by atoms with Gasteiger partial charge in [-0.05, 0) is 72.2 Å². The molecular formula is C42H67NO16. The monoisotopic (exact) mass is 841 g/mol. The molecule has 4 heterocycles. The average molecular weight is 842 g/mol. The number of aliphatic hydroxyl groups is 2. The van der Waals surface area contributed by atoms with E-state index in [-0.39, 0.29) is 49.6 Å². The Morgan fingerprint density at radius 2 is 1.69 bits per heavy atom. The molecule has 0 saturated carbocycles. The number of ether oxygens (including phenoxy) is 9. The van der Waals surface area contributed by atoms with Crippen LogP contribution in [0.25, 0.3) is 0 Å². The van der Waals surface area contributed by atoms with Crippen molar-refractivity contribution in [2.45, 2.75) is 185 Å². The molecule has 17 heteroatoms. The highest BCUT2D eigenvalue weighted by Gasteiger charge is 2.53. The van der Waals surface area contributed by atoms with Crippen LogP contribution in [0.2, 0.25) is 0 Å². The molecule has 59 heavy (non-hydrogen) atoms. The fourth-order valence-electron chi connectivity index (χ4n) is 8.51. The second kappa shape index (κ2) is 21.3. The van der Waals surface area contributed by atoms with Crippen molar-refractivity contribution in [3.05, 3.63) is 12.2 Å². The number of likely N-dealkylation sites (N-methyl/N-ethyl adjacent to an activating group) is 1. The number of allylic oxidation sites excluding steroid dienone is 1. The first-order chi connectivity index (χ1) is 27.6. The highest BCUT2D eigenvalue weighted by molar-refractivity contribution is 5.91. The summed E-state index contributed by atoms with van der Waals surface area (Å²) in [7, 11) is 4.82. The molecule has 17 nitrogen and oxygen atoms in total. The minimum Gasteiger partial charge on any atom is -0.462 e. The van der Waals surface area contributed by atoms with Gasteiger partial charge in [0.15, 0.2) is 24.5 Å². The van der Waals surface area contributed by atoms with Crippen LogP contribution >= 0.6 is 0 Å². The Bertz CT molecular complexity index is 1470. The van der Waals surface area contributed by atoms with Crippen molar-refractivity contribution in [2.24, 2.45) is 17.8 Å². The molecule has 3 saturated heterocycles. The number of hydrogen-bond donors (Lipinski definition) is 2. The van der Waals surface area contributed by atoms with Crippen LogP contribution in [0.15, 0.2) is 12.2 Å². The van der Waals surface area contributed by atoms with Crippen LogP contribution in [0.1, 0.15) is 93.9 Å². The molecule has 3 fully saturated rings. The summed E-state index contributed by atoms with van der Waals surface area (Å²) in [6.45, 7) is 13.4. The largest absolute Gasteiger partial charge is 0.462 e. The molecule has 17 unspecified atom stereocenters. The third kappa shape index (κ3) is 13.3. The lowest BCUT2D eigenvalue weighted by molar-refractivity contribution is -0.344. The van der Waals surface area contributed by atoms with Gasteiger partial charge in [-0.15, -0.1) is 0 Å². The molecule has 0 amide bonds. The molecule has 4 rings (SSSR count). The van der Waals surface area contributed by atoms with Gasteiger partial charge in [-0.1, -0.05) is 20.8 Å². The Balaban J connectivity index is 1.64. The lowest BCUT2D eigenvalue weighted by Gasteiger charge is -2.50. The molecule has 0 radical (unpaired) electrons. The van der Waals surface area contributed by atoms with E-state index in [1.165, 1.54) is 20.1 Å². The summed E-state index contributed by atoms with van der Waals surface area (Å²) >= 11 is 0. The number of esters is 3. The molecule has 0 bridgehead atoms. The maximum Gasteiger partial charge on any atom is 0.309 e. The Hall–Kier alpha value is -2.87. The third-order valence-electron chi connectivity index (χ3n) is 11.4. The lowest BCUT2D eigenvalue weighted by Crippen LogP contribution is -2.66. The normalized spacial score (nSPS) is 41.7. The summed E-state index contributed by atoms with van der Waals surface area (Å²) in [5.74, 6) is -3.35. The molecule has 336 valence electrons. The molecule has 0 spiro atoms. The van der Waals surface area contributed by atoms with Gasteiger partial charge in [0.25, 0.3) is 0 Å². The number of aliphatic hydroxyl groups excluding tert-OH is 1. The molecule has 2 N–H and O–H groups in total. The van der Waals surface area contributed by atoms with Gasteiger partial charge < -0.3 is 62.5 Å². The number of carbonyl (C=O) groups is 5. The first kappa shape index (κ1) is 48.8. The summed E-state index contributed by atoms with van der Waals surface area (Å²) in [5, 5.41) is 23.5. The van der Waals surface area contributed by atoms with Gasteiger partial charge in [-0.3, -0.25) is 19.2 Å². The summed E-state index contributed by atoms with van der Waals surface area (Å²) in [5.41, 5.74) is -1.51. The highest BCUT2D eigenvalue weighted by atomic mass is 16.7. The maximum absolute atomic E-state index is 13.4. The van der Waals surface area contributed by atoms with Crippen LogP contribution in [0.4, 0.5) is 0 Å². The molecule has 0 aromatic heterocycles. The van der Waals surface area contributed by atoms with Gasteiger partial charge in [0, 0.05) is 45.6 Å². The molecule has 17 atom stereocenters. The molecule has 0 aliphatic carbocycles. The van der Waals surface area contributed by atoms with Crippen LogP contribution in [-0.2, 0) is 66.6 Å². The molecular weight excluding hydrogens is 774 g/mol. The van der Waals surface area contributed by atoms with Crippen LogP contribution in [0, 0.1) is 17.8 Å². The van der Waals surface area contributed by atoms with Gasteiger partial charge in [-0.25, -0.2) is 0 Å². The standard InChI is InChI=1S/C42H67NO16/c1-21(2)16-32(47)57-40-25(6)53-34(20-42(40,8)50)58-37-24(5)54-41(36(49)35(37)43(9)10)59-38-27(14-15-44)17-22(3)28(46)12-13-29-30(56-29)18-23(4)52-33(48)19-31(39(38)51-11)55-26(7)45/h12-13,15,21-25,27,29-31,34-41,49-50H,14,16-20H2,1-11H3/b13-12+. The number of cyclic esters (lactones) is 1. The lowest BCUT2D eigenvalue weighted by atomic mass is 9.83. The van der Waals surface area contributed by atoms with E-state index < -0.39 is 115 Å². The smallest absolute Gasteiger partial charge is 0.309 e. The number of epoxide rings is 1. The fraction of sp³-hybridized carbons (Fsp3) is 0.833. The van der Waals surface area contributed by atoms with E-state index in [1.807, 2.05) is 13.8 Å². The minimum absolute atomic E-state index is 0.0551. The first-order valence-corrected chi connectivity index (χ1v) is 20.7. The van der Waals surface area contributed by atoms with Gasteiger partial charge in [0.05, 0.1) is 36.9 Å². The minimum atomic E-state index is -1.51. The average Bonchev–Trinajstić information content (AvgIpc) is 3.85. The number of methoxy groups -OCH3 is 1. The summed E-state index contributed by atoms with van der Waals surface area (Å²) in [6, 6.07) is -0.800. The Morgan fingerprint density at radius 1 is 1.00 bits per heavy atom. The van der Waals surface area contributed by atoms with Crippen molar-refractivity contribution in [2.75, 3.05) is 21.2 Å². The van der Waals surface area contributed by atoms with Gasteiger partial charge in [0.1, 0.15) is 48.5 Å². The number of fused-ring (bicyclic) bond motifs is 1. The van der Waals surface area contributed by atoms with Crippen molar-refractivity contribution >= 4 is 30.0 Å². The second-order valence-corrected chi connectivity index (χ2v) is 17.5. The van der Waals surface area contributed by atoms with Crippen molar-refractivity contribution in [1.82, 2.24) is 4.90 Å². The van der Waals surface area contributed by atoms with Crippen molar-refractivity contribution in [1.29, 1.82) is 0 Å². The Labute approximate surface area is 347 Å². The zero-order chi connectivity index (χ0) is 43.9. The van der Waals surface area contributed by atoms with Crippen LogP contribution in [0.5, 0.6) is 0 Å². The third-order valence-corrected chi connectivity index (χ3v) is 11.4. The zero-order valence-corrected chi connectivity index (χ0v) is 36.3. The van der Waals surface area contributed by atoms with Gasteiger partial charge in [-0.2, -0.15) is 0 Å². The Kier molecular flexibility index (Phi) is 17.6. The van der Waals surface area contributed by atoms with Crippen LogP contribution in [0.3, 0.4) is 0 Å². The molecule has 4 aliphatic heterocycles. The van der Waals surface area contributed by atoms with Gasteiger partial charge in [0.2, 0.25) is 0 Å². The number of nitrogens with zero attached hydrogens (tertiary/aromatic N) is 1. The summed E-state index contributed by atoms with van der Waals surface area (Å²) in [6.07, 6.45) is -7.99. The molecule has 0 aromatic carbocycles. The van der Waals surface area contributed by atoms with Crippen LogP contribution < -0.4 is 0 Å².